The van der Waals surface area contributed by atoms with Crippen molar-refractivity contribution in [2.45, 2.75) is 13.1 Å². The molecule has 106 valence electrons. The predicted molar refractivity (Wildman–Crippen MR) is 64.6 cm³/mol. The summed E-state index contributed by atoms with van der Waals surface area (Å²) in [6.07, 6.45) is -4.33. The molecule has 0 bridgehead atoms. The molecule has 1 rings (SSSR count). The molecule has 0 unspecified atom stereocenters. The topological polar surface area (TPSA) is 68.3 Å². The molecule has 1 aromatic carbocycles. The third-order valence-corrected chi connectivity index (χ3v) is 2.25. The molecule has 0 saturated carbocycles. The summed E-state index contributed by atoms with van der Waals surface area (Å²) in [4.78, 5) is 0. The molecular weight excluding hydrogens is 261 g/mol. The number of hydrogen-bond donors (Lipinski definition) is 2. The van der Waals surface area contributed by atoms with Gasteiger partial charge in [0.1, 0.15) is 24.8 Å². The largest absolute Gasteiger partial charge is 0.491 e. The molecule has 4 nitrogen and oxygen atoms in total. The van der Waals surface area contributed by atoms with Gasteiger partial charge >= 0.3 is 6.18 Å². The van der Waals surface area contributed by atoms with Crippen molar-refractivity contribution < 1.29 is 22.6 Å². The lowest BCUT2D eigenvalue weighted by molar-refractivity contribution is -0.175. The van der Waals surface area contributed by atoms with Gasteiger partial charge in [0.15, 0.2) is 0 Å². The fourth-order valence-electron chi connectivity index (χ4n) is 1.32. The summed E-state index contributed by atoms with van der Waals surface area (Å²) in [5, 5.41) is 7.29. The summed E-state index contributed by atoms with van der Waals surface area (Å²) in [5.74, 6) is 0.376. The first kappa shape index (κ1) is 15.3. The Morgan fingerprint density at radius 3 is 2.58 bits per heavy atom. The number of aryl methyl sites for hydroxylation is 1. The van der Waals surface area contributed by atoms with Crippen LogP contribution in [-0.2, 0) is 4.74 Å². The van der Waals surface area contributed by atoms with Gasteiger partial charge in [-0.25, -0.2) is 0 Å². The molecule has 0 aliphatic heterocycles. The summed E-state index contributed by atoms with van der Waals surface area (Å²) in [7, 11) is 0. The molecule has 0 atom stereocenters. The SMILES string of the molecule is Cc1ccc(C(=N)N)cc1OCCOCC(F)(F)F. The zero-order valence-corrected chi connectivity index (χ0v) is 10.4. The van der Waals surface area contributed by atoms with Gasteiger partial charge in [-0.2, -0.15) is 13.2 Å². The van der Waals surface area contributed by atoms with Crippen LogP contribution in [0.1, 0.15) is 11.1 Å². The lowest BCUT2D eigenvalue weighted by atomic mass is 10.1. The third-order valence-electron chi connectivity index (χ3n) is 2.25. The third kappa shape index (κ3) is 5.60. The lowest BCUT2D eigenvalue weighted by Gasteiger charge is -2.11. The normalized spacial score (nSPS) is 11.4. The van der Waals surface area contributed by atoms with Crippen LogP contribution < -0.4 is 10.5 Å². The zero-order valence-electron chi connectivity index (χ0n) is 10.4. The molecule has 19 heavy (non-hydrogen) atoms. The van der Waals surface area contributed by atoms with Crippen molar-refractivity contribution in [2.75, 3.05) is 19.8 Å². The van der Waals surface area contributed by atoms with Gasteiger partial charge in [0.05, 0.1) is 6.61 Å². The first-order chi connectivity index (χ1) is 8.79. The van der Waals surface area contributed by atoms with E-state index in [2.05, 4.69) is 4.74 Å². The molecule has 0 aromatic heterocycles. The number of nitrogens with one attached hydrogen (secondary N) is 1. The van der Waals surface area contributed by atoms with Gasteiger partial charge < -0.3 is 15.2 Å². The molecule has 0 fully saturated rings. The van der Waals surface area contributed by atoms with Crippen LogP contribution in [0.5, 0.6) is 5.75 Å². The fourth-order valence-corrected chi connectivity index (χ4v) is 1.32. The number of alkyl halides is 3. The summed E-state index contributed by atoms with van der Waals surface area (Å²) in [5.41, 5.74) is 6.64. The van der Waals surface area contributed by atoms with Gasteiger partial charge in [-0.1, -0.05) is 12.1 Å². The number of nitrogen functional groups attached to an aromatic ring is 1. The van der Waals surface area contributed by atoms with E-state index < -0.39 is 12.8 Å². The Bertz CT molecular complexity index is 447. The first-order valence-corrected chi connectivity index (χ1v) is 5.52. The van der Waals surface area contributed by atoms with Gasteiger partial charge in [-0.3, -0.25) is 5.41 Å². The van der Waals surface area contributed by atoms with Crippen LogP contribution in [-0.4, -0.2) is 31.8 Å². The van der Waals surface area contributed by atoms with E-state index in [1.54, 1.807) is 25.1 Å². The highest BCUT2D eigenvalue weighted by Crippen LogP contribution is 2.19. The maximum Gasteiger partial charge on any atom is 0.411 e. The second-order valence-corrected chi connectivity index (χ2v) is 3.91. The number of rotatable bonds is 6. The Balaban J connectivity index is 2.45. The van der Waals surface area contributed by atoms with Gasteiger partial charge in [0.2, 0.25) is 0 Å². The number of hydrogen-bond acceptors (Lipinski definition) is 3. The van der Waals surface area contributed by atoms with E-state index in [-0.39, 0.29) is 19.0 Å². The van der Waals surface area contributed by atoms with Crippen molar-refractivity contribution >= 4 is 5.84 Å². The highest BCUT2D eigenvalue weighted by atomic mass is 19.4. The minimum atomic E-state index is -4.33. The molecule has 7 heteroatoms. The smallest absolute Gasteiger partial charge is 0.411 e. The molecular formula is C12H15F3N2O2. The predicted octanol–water partition coefficient (Wildman–Crippen LogP) is 2.24. The first-order valence-electron chi connectivity index (χ1n) is 5.52. The number of ether oxygens (including phenoxy) is 2. The van der Waals surface area contributed by atoms with Crippen molar-refractivity contribution in [2.24, 2.45) is 5.73 Å². The second kappa shape index (κ2) is 6.42. The van der Waals surface area contributed by atoms with Crippen molar-refractivity contribution in [1.82, 2.24) is 0 Å². The van der Waals surface area contributed by atoms with E-state index in [0.29, 0.717) is 11.3 Å². The zero-order chi connectivity index (χ0) is 14.5. The molecule has 0 heterocycles. The van der Waals surface area contributed by atoms with Crippen LogP contribution in [0, 0.1) is 12.3 Å². The Hall–Kier alpha value is -1.76. The Morgan fingerprint density at radius 1 is 1.32 bits per heavy atom. The average Bonchev–Trinajstić information content (AvgIpc) is 2.29. The van der Waals surface area contributed by atoms with E-state index >= 15 is 0 Å². The number of nitrogens with two attached hydrogens (primary N) is 1. The van der Waals surface area contributed by atoms with E-state index in [4.69, 9.17) is 15.9 Å². The van der Waals surface area contributed by atoms with Crippen molar-refractivity contribution in [3.05, 3.63) is 29.3 Å². The van der Waals surface area contributed by atoms with Crippen molar-refractivity contribution in [3.63, 3.8) is 0 Å². The van der Waals surface area contributed by atoms with Gasteiger partial charge in [0, 0.05) is 5.56 Å². The summed E-state index contributed by atoms with van der Waals surface area (Å²) < 4.78 is 45.1. The van der Waals surface area contributed by atoms with Gasteiger partial charge in [0.25, 0.3) is 0 Å². The highest BCUT2D eigenvalue weighted by molar-refractivity contribution is 5.95. The summed E-state index contributed by atoms with van der Waals surface area (Å²) in [6.45, 7) is 0.334. The van der Waals surface area contributed by atoms with Gasteiger partial charge in [-0.05, 0) is 18.6 Å². The molecule has 1 aromatic rings. The fraction of sp³-hybridized carbons (Fsp3) is 0.417. The molecule has 3 N–H and O–H groups in total. The quantitative estimate of drug-likeness (QED) is 0.475. The molecule has 0 saturated heterocycles. The van der Waals surface area contributed by atoms with E-state index in [9.17, 15) is 13.2 Å². The van der Waals surface area contributed by atoms with E-state index in [1.807, 2.05) is 0 Å². The van der Waals surface area contributed by atoms with Crippen LogP contribution in [0.15, 0.2) is 18.2 Å². The minimum Gasteiger partial charge on any atom is -0.491 e. The molecule has 0 aliphatic rings. The summed E-state index contributed by atoms with van der Waals surface area (Å²) in [6, 6.07) is 4.97. The molecule has 0 aliphatic carbocycles. The second-order valence-electron chi connectivity index (χ2n) is 3.91. The Labute approximate surface area is 108 Å². The van der Waals surface area contributed by atoms with E-state index in [1.165, 1.54) is 0 Å². The van der Waals surface area contributed by atoms with Crippen LogP contribution in [0.2, 0.25) is 0 Å². The van der Waals surface area contributed by atoms with Crippen LogP contribution >= 0.6 is 0 Å². The molecule has 0 spiro atoms. The maximum atomic E-state index is 11.8. The summed E-state index contributed by atoms with van der Waals surface area (Å²) >= 11 is 0. The lowest BCUT2D eigenvalue weighted by Crippen LogP contribution is -2.19. The Morgan fingerprint density at radius 2 is 2.00 bits per heavy atom. The Kier molecular flexibility index (Phi) is 5.17. The average molecular weight is 276 g/mol. The number of halogens is 3. The number of amidine groups is 1. The minimum absolute atomic E-state index is 0.00171. The molecule has 0 radical (unpaired) electrons. The maximum absolute atomic E-state index is 11.8. The standard InChI is InChI=1S/C12H15F3N2O2/c1-8-2-3-9(11(16)17)6-10(8)19-5-4-18-7-12(13,14)15/h2-3,6H,4-5,7H2,1H3,(H3,16,17). The monoisotopic (exact) mass is 276 g/mol. The number of benzene rings is 1. The van der Waals surface area contributed by atoms with Crippen molar-refractivity contribution in [3.8, 4) is 5.75 Å². The van der Waals surface area contributed by atoms with Crippen molar-refractivity contribution in [1.29, 1.82) is 5.41 Å². The van der Waals surface area contributed by atoms with E-state index in [0.717, 1.165) is 5.56 Å². The van der Waals surface area contributed by atoms with Gasteiger partial charge in [-0.15, -0.1) is 0 Å². The van der Waals surface area contributed by atoms with Crippen LogP contribution in [0.25, 0.3) is 0 Å². The highest BCUT2D eigenvalue weighted by Gasteiger charge is 2.27. The van der Waals surface area contributed by atoms with Crippen LogP contribution in [0.3, 0.4) is 0 Å². The molecule has 0 amide bonds. The van der Waals surface area contributed by atoms with Crippen LogP contribution in [0.4, 0.5) is 13.2 Å².